The summed E-state index contributed by atoms with van der Waals surface area (Å²) in [7, 11) is -3.58. The van der Waals surface area contributed by atoms with E-state index >= 15 is 0 Å². The molecule has 176 valence electrons. The van der Waals surface area contributed by atoms with Gasteiger partial charge in [-0.3, -0.25) is 0 Å². The molecule has 1 unspecified atom stereocenters. The Morgan fingerprint density at radius 1 is 1.12 bits per heavy atom. The van der Waals surface area contributed by atoms with E-state index in [0.717, 1.165) is 46.2 Å². The number of nitrogens with zero attached hydrogens (tertiary/aromatic N) is 1. The summed E-state index contributed by atoms with van der Waals surface area (Å²) in [5, 5.41) is 7.82. The summed E-state index contributed by atoms with van der Waals surface area (Å²) in [6.45, 7) is 7.75. The Labute approximate surface area is 196 Å². The third-order valence-corrected chi connectivity index (χ3v) is 9.66. The summed E-state index contributed by atoms with van der Waals surface area (Å²) in [6, 6.07) is 6.06. The monoisotopic (exact) mass is 476 g/mol. The van der Waals surface area contributed by atoms with Crippen LogP contribution in [-0.2, 0) is 10.0 Å². The number of thiazole rings is 1. The first-order valence-electron chi connectivity index (χ1n) is 11.9. The molecule has 0 radical (unpaired) electrons. The van der Waals surface area contributed by atoms with E-state index in [-0.39, 0.29) is 6.04 Å². The Kier molecular flexibility index (Phi) is 7.54. The number of hydrogen-bond acceptors (Lipinski definition) is 6. The molecule has 1 aliphatic heterocycles. The van der Waals surface area contributed by atoms with Gasteiger partial charge in [-0.25, -0.2) is 18.1 Å². The largest absolute Gasteiger partial charge is 0.359 e. The van der Waals surface area contributed by atoms with Gasteiger partial charge in [0.25, 0.3) is 0 Å². The van der Waals surface area contributed by atoms with Crippen LogP contribution < -0.4 is 15.4 Å². The van der Waals surface area contributed by atoms with Gasteiger partial charge in [0.2, 0.25) is 10.0 Å². The van der Waals surface area contributed by atoms with Crippen molar-refractivity contribution in [1.82, 2.24) is 15.0 Å². The summed E-state index contributed by atoms with van der Waals surface area (Å²) in [5.74, 6) is 0.702. The zero-order valence-corrected chi connectivity index (χ0v) is 21.0. The number of anilines is 1. The second kappa shape index (κ2) is 10.2. The highest BCUT2D eigenvalue weighted by atomic mass is 32.2. The van der Waals surface area contributed by atoms with E-state index in [0.29, 0.717) is 23.4 Å². The van der Waals surface area contributed by atoms with Crippen molar-refractivity contribution in [2.75, 3.05) is 18.4 Å². The molecule has 1 aromatic heterocycles. The highest BCUT2D eigenvalue weighted by molar-refractivity contribution is 7.89. The second-order valence-electron chi connectivity index (χ2n) is 9.41. The molecule has 1 saturated carbocycles. The molecule has 1 aromatic carbocycles. The maximum absolute atomic E-state index is 13.2. The summed E-state index contributed by atoms with van der Waals surface area (Å²) in [4.78, 5) is 6.15. The number of rotatable bonds is 7. The summed E-state index contributed by atoms with van der Waals surface area (Å²) in [6.07, 6.45) is 8.43. The lowest BCUT2D eigenvalue weighted by molar-refractivity contribution is 0.328. The zero-order chi connectivity index (χ0) is 22.7. The summed E-state index contributed by atoms with van der Waals surface area (Å²) >= 11 is 1.62. The van der Waals surface area contributed by atoms with E-state index in [4.69, 9.17) is 4.98 Å². The molecule has 8 heteroatoms. The fourth-order valence-corrected chi connectivity index (χ4v) is 7.54. The maximum Gasteiger partial charge on any atom is 0.241 e. The predicted molar refractivity (Wildman–Crippen MR) is 133 cm³/mol. The number of sulfonamides is 1. The molecular formula is C24H36N4O2S2. The smallest absolute Gasteiger partial charge is 0.241 e. The number of hydrogen-bond donors (Lipinski definition) is 3. The average molecular weight is 477 g/mol. The molecule has 2 fully saturated rings. The SMILES string of the molecule is Cc1ccc(-c2sc(N[C@H](C)C3CCCCC3)nc2C)cc1S(=O)(=O)NC1CCCNC1. The van der Waals surface area contributed by atoms with Gasteiger partial charge in [-0.15, -0.1) is 0 Å². The lowest BCUT2D eigenvalue weighted by Crippen LogP contribution is -2.45. The second-order valence-corrected chi connectivity index (χ2v) is 12.1. The topological polar surface area (TPSA) is 83.1 Å². The van der Waals surface area contributed by atoms with Crippen LogP contribution in [0.25, 0.3) is 10.4 Å². The van der Waals surface area contributed by atoms with Crippen LogP contribution in [-0.4, -0.2) is 38.6 Å². The molecular weight excluding hydrogens is 440 g/mol. The summed E-state index contributed by atoms with van der Waals surface area (Å²) in [5.41, 5.74) is 2.60. The molecule has 4 rings (SSSR count). The molecule has 0 bridgehead atoms. The molecule has 1 saturated heterocycles. The van der Waals surface area contributed by atoms with Crippen LogP contribution >= 0.6 is 11.3 Å². The van der Waals surface area contributed by atoms with Gasteiger partial charge in [-0.2, -0.15) is 0 Å². The van der Waals surface area contributed by atoms with Crippen LogP contribution in [0.1, 0.15) is 63.1 Å². The van der Waals surface area contributed by atoms with Crippen molar-refractivity contribution in [2.24, 2.45) is 5.92 Å². The first kappa shape index (κ1) is 23.7. The molecule has 1 aliphatic carbocycles. The standard InChI is InChI=1S/C24H36N4O2S2/c1-16-11-12-20(14-22(16)32(29,30)28-21-10-7-13-25-15-21)23-18(3)27-24(31-23)26-17(2)19-8-5-4-6-9-19/h11-12,14,17,19,21,25,28H,4-10,13,15H2,1-3H3,(H,26,27)/t17-,21?/m1/s1. The van der Waals surface area contributed by atoms with Crippen molar-refractivity contribution >= 4 is 26.5 Å². The van der Waals surface area contributed by atoms with E-state index < -0.39 is 10.0 Å². The molecule has 0 spiro atoms. The van der Waals surface area contributed by atoms with Crippen molar-refractivity contribution in [3.8, 4) is 10.4 Å². The number of nitrogens with one attached hydrogen (secondary N) is 3. The van der Waals surface area contributed by atoms with E-state index in [2.05, 4.69) is 22.3 Å². The minimum atomic E-state index is -3.58. The third kappa shape index (κ3) is 5.53. The van der Waals surface area contributed by atoms with E-state index in [1.807, 2.05) is 32.0 Å². The van der Waals surface area contributed by atoms with Crippen molar-refractivity contribution in [1.29, 1.82) is 0 Å². The Balaban J connectivity index is 1.54. The van der Waals surface area contributed by atoms with Crippen molar-refractivity contribution in [3.05, 3.63) is 29.5 Å². The minimum Gasteiger partial charge on any atom is -0.359 e. The highest BCUT2D eigenvalue weighted by Gasteiger charge is 2.25. The first-order chi connectivity index (χ1) is 15.3. The number of piperidine rings is 1. The average Bonchev–Trinajstić information content (AvgIpc) is 3.14. The minimum absolute atomic E-state index is 0.0565. The number of aromatic nitrogens is 1. The predicted octanol–water partition coefficient (Wildman–Crippen LogP) is 4.84. The van der Waals surface area contributed by atoms with Gasteiger partial charge < -0.3 is 10.6 Å². The Morgan fingerprint density at radius 2 is 1.91 bits per heavy atom. The van der Waals surface area contributed by atoms with Crippen LogP contribution in [0.2, 0.25) is 0 Å². The third-order valence-electron chi connectivity index (χ3n) is 6.86. The van der Waals surface area contributed by atoms with Crippen molar-refractivity contribution in [2.45, 2.75) is 82.7 Å². The quantitative estimate of drug-likeness (QED) is 0.533. The Hall–Kier alpha value is -1.48. The van der Waals surface area contributed by atoms with Crippen LogP contribution in [0.3, 0.4) is 0 Å². The van der Waals surface area contributed by atoms with E-state index in [9.17, 15) is 8.42 Å². The van der Waals surface area contributed by atoms with Crippen molar-refractivity contribution in [3.63, 3.8) is 0 Å². The van der Waals surface area contributed by atoms with Crippen LogP contribution in [0.5, 0.6) is 0 Å². The Bertz CT molecular complexity index is 1020. The molecule has 2 atom stereocenters. The molecule has 3 N–H and O–H groups in total. The van der Waals surface area contributed by atoms with Gasteiger partial charge in [0.1, 0.15) is 0 Å². The van der Waals surface area contributed by atoms with E-state index in [1.165, 1.54) is 32.1 Å². The fraction of sp³-hybridized carbons (Fsp3) is 0.625. The van der Waals surface area contributed by atoms with Crippen LogP contribution in [0.4, 0.5) is 5.13 Å². The Morgan fingerprint density at radius 3 is 2.62 bits per heavy atom. The maximum atomic E-state index is 13.2. The zero-order valence-electron chi connectivity index (χ0n) is 19.4. The van der Waals surface area contributed by atoms with Gasteiger partial charge in [-0.1, -0.05) is 42.7 Å². The van der Waals surface area contributed by atoms with Gasteiger partial charge in [-0.05, 0) is 76.1 Å². The fourth-order valence-electron chi connectivity index (χ4n) is 4.94. The molecule has 0 amide bonds. The normalized spacial score (nSPS) is 21.4. The number of benzene rings is 1. The van der Waals surface area contributed by atoms with Gasteiger partial charge >= 0.3 is 0 Å². The molecule has 32 heavy (non-hydrogen) atoms. The van der Waals surface area contributed by atoms with Gasteiger partial charge in [0.05, 0.1) is 15.5 Å². The highest BCUT2D eigenvalue weighted by Crippen LogP contribution is 2.36. The van der Waals surface area contributed by atoms with Crippen LogP contribution in [0.15, 0.2) is 23.1 Å². The molecule has 6 nitrogen and oxygen atoms in total. The van der Waals surface area contributed by atoms with Crippen LogP contribution in [0, 0.1) is 19.8 Å². The van der Waals surface area contributed by atoms with Crippen molar-refractivity contribution < 1.29 is 8.42 Å². The molecule has 2 aliphatic rings. The molecule has 2 aromatic rings. The summed E-state index contributed by atoms with van der Waals surface area (Å²) < 4.78 is 29.2. The van der Waals surface area contributed by atoms with Gasteiger partial charge in [0, 0.05) is 18.6 Å². The molecule has 2 heterocycles. The van der Waals surface area contributed by atoms with E-state index in [1.54, 1.807) is 11.3 Å². The lowest BCUT2D eigenvalue weighted by Gasteiger charge is -2.28. The first-order valence-corrected chi connectivity index (χ1v) is 14.2. The number of aryl methyl sites for hydroxylation is 2. The van der Waals surface area contributed by atoms with Gasteiger partial charge in [0.15, 0.2) is 5.13 Å². The lowest BCUT2D eigenvalue weighted by atomic mass is 9.85.